The molecule has 3 atom stereocenters. The fourth-order valence-corrected chi connectivity index (χ4v) is 3.86. The minimum absolute atomic E-state index is 0.268. The lowest BCUT2D eigenvalue weighted by Crippen LogP contribution is -2.33. The van der Waals surface area contributed by atoms with Crippen molar-refractivity contribution in [2.75, 3.05) is 6.79 Å². The number of ether oxygens (including phenoxy) is 2. The first-order valence-corrected chi connectivity index (χ1v) is 8.33. The van der Waals surface area contributed by atoms with Gasteiger partial charge >= 0.3 is 0 Å². The van der Waals surface area contributed by atoms with Crippen molar-refractivity contribution in [3.05, 3.63) is 24.1 Å². The van der Waals surface area contributed by atoms with Crippen LogP contribution in [0.2, 0.25) is 0 Å². The third kappa shape index (κ3) is 2.47. The quantitative estimate of drug-likeness (QED) is 0.936. The van der Waals surface area contributed by atoms with Gasteiger partial charge in [-0.3, -0.25) is 0 Å². The largest absolute Gasteiger partial charge is 0.454 e. The SMILES string of the molecule is c1cc2c(cc1-c1noc(CNC3CCCC4CC43)n1)OCO2. The molecular formula is C17H19N3O3. The normalized spacial score (nSPS) is 27.7. The van der Waals surface area contributed by atoms with E-state index < -0.39 is 0 Å². The third-order valence-corrected chi connectivity index (χ3v) is 5.20. The highest BCUT2D eigenvalue weighted by molar-refractivity contribution is 5.61. The van der Waals surface area contributed by atoms with E-state index in [2.05, 4.69) is 15.5 Å². The summed E-state index contributed by atoms with van der Waals surface area (Å²) in [5, 5.41) is 7.68. The van der Waals surface area contributed by atoms with Crippen molar-refractivity contribution in [2.45, 2.75) is 38.3 Å². The molecule has 2 heterocycles. The van der Waals surface area contributed by atoms with Gasteiger partial charge in [0.05, 0.1) is 6.54 Å². The van der Waals surface area contributed by atoms with Crippen LogP contribution in [-0.4, -0.2) is 23.0 Å². The summed E-state index contributed by atoms with van der Waals surface area (Å²) < 4.78 is 16.1. The Labute approximate surface area is 134 Å². The molecule has 5 rings (SSSR count). The Morgan fingerprint density at radius 1 is 1.17 bits per heavy atom. The molecule has 0 radical (unpaired) electrons. The van der Waals surface area contributed by atoms with Gasteiger partial charge in [-0.05, 0) is 42.9 Å². The number of aromatic nitrogens is 2. The van der Waals surface area contributed by atoms with Crippen molar-refractivity contribution in [3.8, 4) is 22.9 Å². The van der Waals surface area contributed by atoms with E-state index in [0.29, 0.717) is 24.3 Å². The van der Waals surface area contributed by atoms with Crippen LogP contribution in [-0.2, 0) is 6.54 Å². The zero-order chi connectivity index (χ0) is 15.2. The highest BCUT2D eigenvalue weighted by Gasteiger charge is 2.44. The fraction of sp³-hybridized carbons (Fsp3) is 0.529. The van der Waals surface area contributed by atoms with Crippen LogP contribution in [0.3, 0.4) is 0 Å². The fourth-order valence-electron chi connectivity index (χ4n) is 3.86. The molecule has 2 fully saturated rings. The van der Waals surface area contributed by atoms with Gasteiger partial charge in [0.25, 0.3) is 0 Å². The van der Waals surface area contributed by atoms with Crippen LogP contribution in [0.15, 0.2) is 22.7 Å². The molecule has 120 valence electrons. The number of hydrogen-bond donors (Lipinski definition) is 1. The maximum Gasteiger partial charge on any atom is 0.240 e. The molecule has 6 nitrogen and oxygen atoms in total. The molecule has 3 unspecified atom stereocenters. The van der Waals surface area contributed by atoms with Crippen molar-refractivity contribution in [1.82, 2.24) is 15.5 Å². The second kappa shape index (κ2) is 5.23. The van der Waals surface area contributed by atoms with Crippen molar-refractivity contribution in [1.29, 1.82) is 0 Å². The predicted octanol–water partition coefficient (Wildman–Crippen LogP) is 2.74. The average Bonchev–Trinajstić information content (AvgIpc) is 3.02. The molecule has 2 saturated carbocycles. The van der Waals surface area contributed by atoms with Crippen LogP contribution in [0.1, 0.15) is 31.6 Å². The molecule has 1 aromatic carbocycles. The molecule has 2 aliphatic carbocycles. The van der Waals surface area contributed by atoms with Gasteiger partial charge in [-0.15, -0.1) is 0 Å². The summed E-state index contributed by atoms with van der Waals surface area (Å²) in [5.41, 5.74) is 0.879. The molecular weight excluding hydrogens is 294 g/mol. The molecule has 0 bridgehead atoms. The molecule has 0 saturated heterocycles. The van der Waals surface area contributed by atoms with E-state index in [-0.39, 0.29) is 6.79 Å². The first-order valence-electron chi connectivity index (χ1n) is 8.33. The van der Waals surface area contributed by atoms with E-state index in [0.717, 1.165) is 28.9 Å². The van der Waals surface area contributed by atoms with Gasteiger partial charge in [-0.25, -0.2) is 0 Å². The number of nitrogens with zero attached hydrogens (tertiary/aromatic N) is 2. The summed E-state index contributed by atoms with van der Waals surface area (Å²) in [6.07, 6.45) is 5.41. The summed E-state index contributed by atoms with van der Waals surface area (Å²) in [6.45, 7) is 0.912. The number of nitrogens with one attached hydrogen (secondary N) is 1. The number of rotatable bonds is 4. The average molecular weight is 313 g/mol. The van der Waals surface area contributed by atoms with Crippen LogP contribution >= 0.6 is 0 Å². The predicted molar refractivity (Wildman–Crippen MR) is 81.9 cm³/mol. The van der Waals surface area contributed by atoms with Crippen molar-refractivity contribution >= 4 is 0 Å². The van der Waals surface area contributed by atoms with E-state index in [1.807, 2.05) is 18.2 Å². The molecule has 2 aromatic rings. The molecule has 0 spiro atoms. The second-order valence-corrected chi connectivity index (χ2v) is 6.66. The van der Waals surface area contributed by atoms with Crippen LogP contribution < -0.4 is 14.8 Å². The molecule has 1 N–H and O–H groups in total. The number of benzene rings is 1. The van der Waals surface area contributed by atoms with Gasteiger partial charge < -0.3 is 19.3 Å². The van der Waals surface area contributed by atoms with E-state index in [4.69, 9.17) is 14.0 Å². The zero-order valence-corrected chi connectivity index (χ0v) is 12.8. The Balaban J connectivity index is 1.27. The molecule has 0 amide bonds. The van der Waals surface area contributed by atoms with Gasteiger partial charge in [0.1, 0.15) is 0 Å². The highest BCUT2D eigenvalue weighted by atomic mass is 16.7. The summed E-state index contributed by atoms with van der Waals surface area (Å²) in [6, 6.07) is 6.31. The summed E-state index contributed by atoms with van der Waals surface area (Å²) in [5.74, 6) is 4.56. The summed E-state index contributed by atoms with van der Waals surface area (Å²) >= 11 is 0. The topological polar surface area (TPSA) is 69.4 Å². The lowest BCUT2D eigenvalue weighted by molar-refractivity contribution is 0.174. The second-order valence-electron chi connectivity index (χ2n) is 6.66. The Hall–Kier alpha value is -2.08. The van der Waals surface area contributed by atoms with E-state index >= 15 is 0 Å². The van der Waals surface area contributed by atoms with E-state index in [1.165, 1.54) is 25.7 Å². The number of hydrogen-bond acceptors (Lipinski definition) is 6. The van der Waals surface area contributed by atoms with Crippen molar-refractivity contribution < 1.29 is 14.0 Å². The van der Waals surface area contributed by atoms with E-state index in [9.17, 15) is 0 Å². The Kier molecular flexibility index (Phi) is 3.04. The van der Waals surface area contributed by atoms with Crippen molar-refractivity contribution in [3.63, 3.8) is 0 Å². The Bertz CT molecular complexity index is 730. The molecule has 6 heteroatoms. The van der Waals surface area contributed by atoms with Crippen LogP contribution in [0.5, 0.6) is 11.5 Å². The maximum absolute atomic E-state index is 5.39. The minimum atomic E-state index is 0.268. The molecule has 23 heavy (non-hydrogen) atoms. The van der Waals surface area contributed by atoms with Gasteiger partial charge in [0.15, 0.2) is 11.5 Å². The maximum atomic E-state index is 5.39. The van der Waals surface area contributed by atoms with Crippen LogP contribution in [0.4, 0.5) is 0 Å². The third-order valence-electron chi connectivity index (χ3n) is 5.20. The standard InChI is InChI=1S/C17H19N3O3/c1-2-10-6-12(10)13(3-1)18-8-16-19-17(20-23-16)11-4-5-14-15(7-11)22-9-21-14/h4-5,7,10,12-13,18H,1-3,6,8-9H2. The number of fused-ring (bicyclic) bond motifs is 2. The summed E-state index contributed by atoms with van der Waals surface area (Å²) in [4.78, 5) is 4.49. The van der Waals surface area contributed by atoms with Crippen LogP contribution in [0, 0.1) is 11.8 Å². The molecule has 1 aromatic heterocycles. The van der Waals surface area contributed by atoms with Crippen molar-refractivity contribution in [2.24, 2.45) is 11.8 Å². The first-order chi connectivity index (χ1) is 11.4. The lowest BCUT2D eigenvalue weighted by atomic mass is 9.95. The Morgan fingerprint density at radius 2 is 2.13 bits per heavy atom. The highest BCUT2D eigenvalue weighted by Crippen LogP contribution is 2.49. The van der Waals surface area contributed by atoms with Gasteiger partial charge in [0, 0.05) is 11.6 Å². The lowest BCUT2D eigenvalue weighted by Gasteiger charge is -2.21. The first kappa shape index (κ1) is 13.4. The van der Waals surface area contributed by atoms with Crippen LogP contribution in [0.25, 0.3) is 11.4 Å². The van der Waals surface area contributed by atoms with E-state index in [1.54, 1.807) is 0 Å². The van der Waals surface area contributed by atoms with Gasteiger partial charge in [-0.1, -0.05) is 18.0 Å². The summed E-state index contributed by atoms with van der Waals surface area (Å²) in [7, 11) is 0. The smallest absolute Gasteiger partial charge is 0.240 e. The molecule has 1 aliphatic heterocycles. The zero-order valence-electron chi connectivity index (χ0n) is 12.8. The minimum Gasteiger partial charge on any atom is -0.454 e. The monoisotopic (exact) mass is 313 g/mol. The van der Waals surface area contributed by atoms with Gasteiger partial charge in [0.2, 0.25) is 18.5 Å². The Morgan fingerprint density at radius 3 is 3.13 bits per heavy atom. The van der Waals surface area contributed by atoms with Gasteiger partial charge in [-0.2, -0.15) is 4.98 Å². The molecule has 3 aliphatic rings.